The number of rotatable bonds is 7. The van der Waals surface area contributed by atoms with Crippen LogP contribution in [0.5, 0.6) is 5.75 Å². The van der Waals surface area contributed by atoms with E-state index in [4.69, 9.17) is 9.84 Å². The van der Waals surface area contributed by atoms with Crippen molar-refractivity contribution in [1.82, 2.24) is 5.32 Å². The van der Waals surface area contributed by atoms with Crippen molar-refractivity contribution in [2.24, 2.45) is 0 Å². The molecule has 0 aromatic heterocycles. The van der Waals surface area contributed by atoms with Gasteiger partial charge >= 0.3 is 5.97 Å². The van der Waals surface area contributed by atoms with Crippen LogP contribution in [0.25, 0.3) is 0 Å². The molecule has 0 aliphatic carbocycles. The van der Waals surface area contributed by atoms with Gasteiger partial charge in [0.2, 0.25) is 5.91 Å². The Balaban J connectivity index is 2.38. The lowest BCUT2D eigenvalue weighted by Gasteiger charge is -2.12. The van der Waals surface area contributed by atoms with Crippen LogP contribution in [0.3, 0.4) is 0 Å². The van der Waals surface area contributed by atoms with Crippen molar-refractivity contribution in [3.05, 3.63) is 29.3 Å². The first kappa shape index (κ1) is 16.0. The van der Waals surface area contributed by atoms with Crippen molar-refractivity contribution in [2.45, 2.75) is 39.7 Å². The first-order valence-corrected chi connectivity index (χ1v) is 6.66. The van der Waals surface area contributed by atoms with Gasteiger partial charge in [-0.3, -0.25) is 4.79 Å². The minimum absolute atomic E-state index is 0.136. The summed E-state index contributed by atoms with van der Waals surface area (Å²) >= 11 is 0. The molecule has 1 aromatic carbocycles. The Morgan fingerprint density at radius 3 is 2.55 bits per heavy atom. The van der Waals surface area contributed by atoms with E-state index in [1.165, 1.54) is 5.56 Å². The Labute approximate surface area is 118 Å². The molecule has 0 aliphatic heterocycles. The fourth-order valence-electron chi connectivity index (χ4n) is 1.67. The summed E-state index contributed by atoms with van der Waals surface area (Å²) in [5, 5.41) is 11.3. The molecule has 1 amide bonds. The number of carboxylic acids is 1. The Kier molecular flexibility index (Phi) is 6.03. The van der Waals surface area contributed by atoms with Gasteiger partial charge in [-0.05, 0) is 43.5 Å². The van der Waals surface area contributed by atoms with Gasteiger partial charge in [-0.2, -0.15) is 0 Å². The van der Waals surface area contributed by atoms with Crippen LogP contribution in [0.4, 0.5) is 0 Å². The average molecular weight is 279 g/mol. The second-order valence-corrected chi connectivity index (χ2v) is 4.71. The zero-order valence-electron chi connectivity index (χ0n) is 12.1. The molecule has 0 saturated carbocycles. The summed E-state index contributed by atoms with van der Waals surface area (Å²) in [4.78, 5) is 22.4. The van der Waals surface area contributed by atoms with E-state index in [2.05, 4.69) is 5.32 Å². The van der Waals surface area contributed by atoms with E-state index < -0.39 is 12.0 Å². The molecule has 5 heteroatoms. The van der Waals surface area contributed by atoms with Crippen molar-refractivity contribution in [3.8, 4) is 5.75 Å². The molecule has 0 unspecified atom stereocenters. The molecule has 0 radical (unpaired) electrons. The fraction of sp³-hybridized carbons (Fsp3) is 0.467. The zero-order valence-corrected chi connectivity index (χ0v) is 12.1. The topological polar surface area (TPSA) is 75.6 Å². The van der Waals surface area contributed by atoms with Gasteiger partial charge in [-0.25, -0.2) is 4.79 Å². The summed E-state index contributed by atoms with van der Waals surface area (Å²) < 4.78 is 5.48. The van der Waals surface area contributed by atoms with Crippen LogP contribution in [0.2, 0.25) is 0 Å². The van der Waals surface area contributed by atoms with E-state index in [9.17, 15) is 9.59 Å². The maximum Gasteiger partial charge on any atom is 0.326 e. The second-order valence-electron chi connectivity index (χ2n) is 4.71. The Bertz CT molecular complexity index is 485. The zero-order chi connectivity index (χ0) is 15.1. The van der Waals surface area contributed by atoms with E-state index in [0.717, 1.165) is 5.56 Å². The molecule has 110 valence electrons. The van der Waals surface area contributed by atoms with Crippen molar-refractivity contribution in [3.63, 3.8) is 0 Å². The molecule has 20 heavy (non-hydrogen) atoms. The summed E-state index contributed by atoms with van der Waals surface area (Å²) in [5.41, 5.74) is 2.31. The molecule has 0 fully saturated rings. The second kappa shape index (κ2) is 7.53. The molecule has 0 bridgehead atoms. The third-order valence-electron chi connectivity index (χ3n) is 3.12. The van der Waals surface area contributed by atoms with Crippen LogP contribution in [0, 0.1) is 13.8 Å². The van der Waals surface area contributed by atoms with Gasteiger partial charge in [-0.15, -0.1) is 0 Å². The quantitative estimate of drug-likeness (QED) is 0.801. The summed E-state index contributed by atoms with van der Waals surface area (Å²) in [6.45, 7) is 5.95. The number of amides is 1. The maximum atomic E-state index is 11.6. The molecule has 0 heterocycles. The molecule has 2 N–H and O–H groups in total. The van der Waals surface area contributed by atoms with Gasteiger partial charge in [-0.1, -0.05) is 13.0 Å². The Morgan fingerprint density at radius 2 is 2.00 bits per heavy atom. The third-order valence-corrected chi connectivity index (χ3v) is 3.12. The fourth-order valence-corrected chi connectivity index (χ4v) is 1.67. The highest BCUT2D eigenvalue weighted by Gasteiger charge is 2.17. The number of benzene rings is 1. The van der Waals surface area contributed by atoms with Crippen molar-refractivity contribution in [1.29, 1.82) is 0 Å². The number of ether oxygens (including phenoxy) is 1. The minimum atomic E-state index is -1.02. The Morgan fingerprint density at radius 1 is 1.30 bits per heavy atom. The summed E-state index contributed by atoms with van der Waals surface area (Å²) in [5.74, 6) is -0.620. The molecule has 5 nitrogen and oxygen atoms in total. The average Bonchev–Trinajstić information content (AvgIpc) is 2.39. The van der Waals surface area contributed by atoms with Crippen LogP contribution in [0.1, 0.15) is 30.9 Å². The largest absolute Gasteiger partial charge is 0.493 e. The lowest BCUT2D eigenvalue weighted by molar-refractivity contribution is -0.142. The van der Waals surface area contributed by atoms with Gasteiger partial charge < -0.3 is 15.2 Å². The number of carbonyl (C=O) groups excluding carboxylic acids is 1. The lowest BCUT2D eigenvalue weighted by atomic mass is 10.1. The summed E-state index contributed by atoms with van der Waals surface area (Å²) in [6, 6.07) is 4.90. The minimum Gasteiger partial charge on any atom is -0.493 e. The van der Waals surface area contributed by atoms with E-state index >= 15 is 0 Å². The monoisotopic (exact) mass is 279 g/mol. The highest BCUT2D eigenvalue weighted by molar-refractivity contribution is 5.83. The number of hydrogen-bond acceptors (Lipinski definition) is 3. The molecule has 0 saturated heterocycles. The third kappa shape index (κ3) is 4.91. The maximum absolute atomic E-state index is 11.6. The van der Waals surface area contributed by atoms with Gasteiger partial charge in [0.15, 0.2) is 0 Å². The van der Waals surface area contributed by atoms with Gasteiger partial charge in [0.1, 0.15) is 11.8 Å². The number of carbonyl (C=O) groups is 2. The van der Waals surface area contributed by atoms with Gasteiger partial charge in [0, 0.05) is 0 Å². The van der Waals surface area contributed by atoms with E-state index in [1.807, 2.05) is 32.0 Å². The Hall–Kier alpha value is -2.04. The van der Waals surface area contributed by atoms with Crippen LogP contribution in [0.15, 0.2) is 18.2 Å². The standard InChI is InChI=1S/C15H21NO4/c1-4-13(15(18)19)16-14(17)7-8-20-12-6-5-10(2)11(3)9-12/h5-6,9,13H,4,7-8H2,1-3H3,(H,16,17)(H,18,19)/t13-/m1/s1. The predicted molar refractivity (Wildman–Crippen MR) is 75.9 cm³/mol. The molecular weight excluding hydrogens is 258 g/mol. The van der Waals surface area contributed by atoms with Crippen LogP contribution < -0.4 is 10.1 Å². The molecule has 1 atom stereocenters. The van der Waals surface area contributed by atoms with Crippen LogP contribution in [-0.2, 0) is 9.59 Å². The predicted octanol–water partition coefficient (Wildman–Crippen LogP) is 2.05. The van der Waals surface area contributed by atoms with E-state index in [-0.39, 0.29) is 18.9 Å². The number of hydrogen-bond donors (Lipinski definition) is 2. The SMILES string of the molecule is CC[C@@H](NC(=O)CCOc1ccc(C)c(C)c1)C(=O)O. The van der Waals surface area contributed by atoms with Crippen molar-refractivity contribution < 1.29 is 19.4 Å². The number of aliphatic carboxylic acids is 1. The lowest BCUT2D eigenvalue weighted by Crippen LogP contribution is -2.40. The van der Waals surface area contributed by atoms with Crippen LogP contribution >= 0.6 is 0 Å². The summed E-state index contributed by atoms with van der Waals surface area (Å²) in [6.07, 6.45) is 0.496. The number of nitrogens with one attached hydrogen (secondary N) is 1. The molecule has 0 spiro atoms. The van der Waals surface area contributed by atoms with Gasteiger partial charge in [0.05, 0.1) is 13.0 Å². The van der Waals surface area contributed by atoms with E-state index in [0.29, 0.717) is 12.2 Å². The highest BCUT2D eigenvalue weighted by Crippen LogP contribution is 2.16. The van der Waals surface area contributed by atoms with Crippen LogP contribution in [-0.4, -0.2) is 29.6 Å². The number of aryl methyl sites for hydroxylation is 2. The first-order valence-electron chi connectivity index (χ1n) is 6.66. The van der Waals surface area contributed by atoms with Crippen molar-refractivity contribution in [2.75, 3.05) is 6.61 Å². The normalized spacial score (nSPS) is 11.8. The first-order chi connectivity index (χ1) is 9.43. The van der Waals surface area contributed by atoms with Gasteiger partial charge in [0.25, 0.3) is 0 Å². The molecular formula is C15H21NO4. The molecule has 1 rings (SSSR count). The smallest absolute Gasteiger partial charge is 0.326 e. The van der Waals surface area contributed by atoms with Crippen molar-refractivity contribution >= 4 is 11.9 Å². The number of carboxylic acid groups (broad SMARTS) is 1. The van der Waals surface area contributed by atoms with E-state index in [1.54, 1.807) is 6.92 Å². The highest BCUT2D eigenvalue weighted by atomic mass is 16.5. The molecule has 0 aliphatic rings. The molecule has 1 aromatic rings. The summed E-state index contributed by atoms with van der Waals surface area (Å²) in [7, 11) is 0.